The average molecular weight is 1340 g/mol. The Morgan fingerprint density at radius 1 is 0.619 bits per heavy atom. The zero-order valence-corrected chi connectivity index (χ0v) is 50.5. The largest absolute Gasteiger partial charge is 0.420 e. The number of halogens is 3. The van der Waals surface area contributed by atoms with Crippen molar-refractivity contribution in [3.8, 4) is 0 Å². The summed E-state index contributed by atoms with van der Waals surface area (Å²) in [5.74, 6) is 0. The number of rotatable bonds is 23. The van der Waals surface area contributed by atoms with Gasteiger partial charge in [-0.3, -0.25) is 38.7 Å². The predicted molar refractivity (Wildman–Crippen MR) is 241 cm³/mol. The summed E-state index contributed by atoms with van der Waals surface area (Å²) >= 11 is 10.0. The number of methoxy groups -OCH3 is 1. The van der Waals surface area contributed by atoms with Crippen LogP contribution in [0.25, 0.3) is 0 Å². The van der Waals surface area contributed by atoms with Crippen molar-refractivity contribution < 1.29 is 143 Å². The smallest absolute Gasteiger partial charge is 0.264 e. The number of nitrogens with zero attached hydrogens (tertiary/aromatic N) is 6. The second-order valence-corrected chi connectivity index (χ2v) is 18.1. The molecule has 0 spiro atoms. The Bertz CT molecular complexity index is 1990. The Labute approximate surface area is 470 Å². The summed E-state index contributed by atoms with van der Waals surface area (Å²) in [5, 5.41) is 34.3. The number of benzene rings is 3. The Morgan fingerprint density at radius 2 is 1.10 bits per heavy atom. The summed E-state index contributed by atoms with van der Waals surface area (Å²) in [6.45, 7) is 9.44. The van der Waals surface area contributed by atoms with Gasteiger partial charge in [0.1, 0.15) is 0 Å². The number of alkyl halides is 3. The molecule has 0 unspecified atom stereocenters. The van der Waals surface area contributed by atoms with Gasteiger partial charge in [0.25, 0.3) is 20.2 Å². The topological polar surface area (TPSA) is 235 Å². The Morgan fingerprint density at radius 3 is 1.51 bits per heavy atom. The number of aryl methyl sites for hydroxylation is 3. The maximum atomic E-state index is 11.0. The Hall–Kier alpha value is -0.208. The minimum absolute atomic E-state index is 0. The standard InChI is InChI=1S/2C12H16BrN2O5S.C12H16BrN2O3.3Y/c2*1-10-9-11(15(16)17)3-4-12(10)14(6-5-13)7-8-20-21(2,18)19;1-10-9-11(15(16)17)3-4-12(10)14(6-5-13)7-8-18-2;;;/h3,9H,5-8H2,1-2H3;3-4H,5-8H2,1-2H3;4,9H,5-8H2,1-2H3;;;/q3*-1;;;. The molecule has 0 saturated carbocycles. The van der Waals surface area contributed by atoms with Crippen LogP contribution in [0.2, 0.25) is 0 Å². The zero-order chi connectivity index (χ0) is 45.6. The van der Waals surface area contributed by atoms with E-state index in [-0.39, 0.29) is 128 Å². The van der Waals surface area contributed by atoms with Gasteiger partial charge in [0.2, 0.25) is 0 Å². The molecular weight excluding hydrogens is 1290 g/mol. The summed E-state index contributed by atoms with van der Waals surface area (Å²) in [5.41, 5.74) is 4.49. The van der Waals surface area contributed by atoms with Gasteiger partial charge in [0, 0.05) is 175 Å². The molecule has 0 saturated heterocycles. The number of hydrogen-bond acceptors (Lipinski definition) is 16. The van der Waals surface area contributed by atoms with Crippen molar-refractivity contribution in [2.45, 2.75) is 20.8 Å². The average Bonchev–Trinajstić information content (AvgIpc) is 3.15. The van der Waals surface area contributed by atoms with Crippen molar-refractivity contribution in [2.75, 3.05) is 109 Å². The van der Waals surface area contributed by atoms with Crippen molar-refractivity contribution in [3.63, 3.8) is 0 Å². The van der Waals surface area contributed by atoms with Crippen molar-refractivity contribution in [3.05, 3.63) is 102 Å². The molecular formula is C36H48Br3N6O13S2Y3-3. The van der Waals surface area contributed by atoms with Gasteiger partial charge in [-0.15, -0.1) is 28.8 Å². The van der Waals surface area contributed by atoms with E-state index in [0.29, 0.717) is 60.3 Å². The van der Waals surface area contributed by atoms with Gasteiger partial charge in [-0.1, -0.05) is 122 Å². The molecule has 3 aromatic carbocycles. The molecule has 0 atom stereocenters. The van der Waals surface area contributed by atoms with Crippen LogP contribution in [0.5, 0.6) is 0 Å². The van der Waals surface area contributed by atoms with Crippen LogP contribution in [0.1, 0.15) is 16.7 Å². The van der Waals surface area contributed by atoms with Crippen LogP contribution in [-0.4, -0.2) is 126 Å². The molecule has 0 heterocycles. The molecule has 0 aliphatic heterocycles. The zero-order valence-electron chi connectivity index (χ0n) is 35.6. The van der Waals surface area contributed by atoms with E-state index in [4.69, 9.17) is 13.1 Å². The molecule has 3 aromatic rings. The quantitative estimate of drug-likeness (QED) is 0.0333. The van der Waals surface area contributed by atoms with Crippen LogP contribution in [0.4, 0.5) is 34.1 Å². The number of anilines is 3. The molecule has 345 valence electrons. The van der Waals surface area contributed by atoms with E-state index in [2.05, 4.69) is 70.9 Å². The summed E-state index contributed by atoms with van der Waals surface area (Å²) < 4.78 is 58.4. The fourth-order valence-electron chi connectivity index (χ4n) is 5.23. The van der Waals surface area contributed by atoms with Crippen LogP contribution in [0, 0.1) is 69.3 Å². The minimum atomic E-state index is -3.48. The van der Waals surface area contributed by atoms with E-state index in [1.807, 2.05) is 16.7 Å². The van der Waals surface area contributed by atoms with E-state index in [1.54, 1.807) is 39.2 Å². The molecule has 0 aromatic heterocycles. The molecule has 0 fully saturated rings. The fourth-order valence-corrected chi connectivity index (χ4v) is 7.27. The van der Waals surface area contributed by atoms with E-state index in [9.17, 15) is 47.2 Å². The number of nitro groups is 3. The number of hydrogen-bond donors (Lipinski definition) is 0. The third kappa shape index (κ3) is 27.4. The van der Waals surface area contributed by atoms with E-state index < -0.39 is 35.0 Å². The van der Waals surface area contributed by atoms with Gasteiger partial charge in [-0.2, -0.15) is 22.9 Å². The van der Waals surface area contributed by atoms with Crippen molar-refractivity contribution in [2.24, 2.45) is 0 Å². The van der Waals surface area contributed by atoms with Crippen molar-refractivity contribution in [1.82, 2.24) is 0 Å². The Kier molecular flexibility index (Phi) is 37.2. The summed E-state index contributed by atoms with van der Waals surface area (Å²) in [7, 11) is -5.31. The first-order valence-corrected chi connectivity index (χ1v) is 24.7. The van der Waals surface area contributed by atoms with Crippen LogP contribution in [0.15, 0.2) is 36.4 Å². The van der Waals surface area contributed by atoms with Crippen LogP contribution >= 0.6 is 47.8 Å². The first-order valence-electron chi connectivity index (χ1n) is 17.7. The molecule has 63 heavy (non-hydrogen) atoms. The van der Waals surface area contributed by atoms with E-state index in [1.165, 1.54) is 18.2 Å². The number of nitro benzene ring substituents is 3. The molecule has 27 heteroatoms. The van der Waals surface area contributed by atoms with Crippen molar-refractivity contribution in [1.29, 1.82) is 0 Å². The van der Waals surface area contributed by atoms with E-state index in [0.717, 1.165) is 47.9 Å². The second kappa shape index (κ2) is 35.0. The van der Waals surface area contributed by atoms with Gasteiger partial charge in [0.15, 0.2) is 17.1 Å². The maximum Gasteiger partial charge on any atom is 0.264 e. The monoisotopic (exact) mass is 1340 g/mol. The molecule has 3 radical (unpaired) electrons. The van der Waals surface area contributed by atoms with Crippen LogP contribution < -0.4 is 14.7 Å². The number of ether oxygens (including phenoxy) is 1. The molecule has 0 amide bonds. The fraction of sp³-hybridized carbons (Fsp3) is 0.500. The maximum absolute atomic E-state index is 11.0. The SMILES string of the molecule is COCCN(CCBr)c1c[c-]c([N+](=O)[O-])cc1C.Cc1[c-]c([N+](=O)[O-])ccc1N(CCBr)CCOS(C)(=O)=O.Cc1cc([N+](=O)[O-])c[c-]c1N(CCBr)CCOS(C)(=O)=O.[Y].[Y].[Y]. The summed E-state index contributed by atoms with van der Waals surface area (Å²) in [6.07, 6.45) is 1.98. The van der Waals surface area contributed by atoms with Gasteiger partial charge < -0.3 is 19.4 Å². The van der Waals surface area contributed by atoms with Crippen LogP contribution in [-0.2, 0) is 131 Å². The third-order valence-electron chi connectivity index (χ3n) is 7.86. The second-order valence-electron chi connectivity index (χ2n) is 12.5. The van der Waals surface area contributed by atoms with Gasteiger partial charge in [-0.05, 0) is 0 Å². The molecule has 0 bridgehead atoms. The van der Waals surface area contributed by atoms with Crippen LogP contribution in [0.3, 0.4) is 0 Å². The normalized spacial score (nSPS) is 10.6. The molecule has 0 N–H and O–H groups in total. The van der Waals surface area contributed by atoms with Gasteiger partial charge >= 0.3 is 0 Å². The number of non-ortho nitro benzene ring substituents is 3. The summed E-state index contributed by atoms with van der Waals surface area (Å²) in [6, 6.07) is 17.3. The minimum Gasteiger partial charge on any atom is -0.420 e. The first kappa shape index (κ1) is 67.1. The predicted octanol–water partition coefficient (Wildman–Crippen LogP) is 6.31. The molecule has 19 nitrogen and oxygen atoms in total. The molecule has 3 rings (SSSR count). The summed E-state index contributed by atoms with van der Waals surface area (Å²) in [4.78, 5) is 36.5. The van der Waals surface area contributed by atoms with Gasteiger partial charge in [-0.25, -0.2) is 0 Å². The first-order chi connectivity index (χ1) is 28.1. The van der Waals surface area contributed by atoms with Crippen molar-refractivity contribution >= 4 is 102 Å². The third-order valence-corrected chi connectivity index (χ3v) is 10.1. The van der Waals surface area contributed by atoms with Gasteiger partial charge in [0.05, 0.1) is 32.3 Å². The molecule has 0 aliphatic carbocycles. The van der Waals surface area contributed by atoms with E-state index >= 15 is 0 Å². The molecule has 0 aliphatic rings. The Balaban J connectivity index is -0.000000840.